The Kier molecular flexibility index (Phi) is 4.74. The summed E-state index contributed by atoms with van der Waals surface area (Å²) in [4.78, 5) is 10.7. The molecule has 1 aromatic rings. The average Bonchev–Trinajstić information content (AvgIpc) is 2.39. The first kappa shape index (κ1) is 13.8. The van der Waals surface area contributed by atoms with Gasteiger partial charge in [-0.25, -0.2) is 9.18 Å². The fraction of sp³-hybridized carbons (Fsp3) is 0.500. The molecule has 1 fully saturated rings. The third-order valence-electron chi connectivity index (χ3n) is 3.42. The summed E-state index contributed by atoms with van der Waals surface area (Å²) < 4.78 is 18.9. The molecule has 104 valence electrons. The van der Waals surface area contributed by atoms with Crippen LogP contribution in [0.15, 0.2) is 18.2 Å². The van der Waals surface area contributed by atoms with Gasteiger partial charge in [0.2, 0.25) is 0 Å². The van der Waals surface area contributed by atoms with Crippen molar-refractivity contribution in [3.8, 4) is 5.75 Å². The zero-order valence-electron chi connectivity index (χ0n) is 10.7. The predicted molar refractivity (Wildman–Crippen MR) is 69.1 cm³/mol. The summed E-state index contributed by atoms with van der Waals surface area (Å²) in [6, 6.07) is 3.86. The minimum absolute atomic E-state index is 0.328. The van der Waals surface area contributed by atoms with Crippen molar-refractivity contribution in [3.63, 3.8) is 0 Å². The maximum Gasteiger partial charge on any atom is 0.338 e. The molecule has 1 aliphatic rings. The fourth-order valence-electron chi connectivity index (χ4n) is 2.27. The van der Waals surface area contributed by atoms with Crippen LogP contribution in [0.3, 0.4) is 0 Å². The van der Waals surface area contributed by atoms with Gasteiger partial charge in [-0.2, -0.15) is 0 Å². The molecular formula is C14H18FNO3. The zero-order chi connectivity index (χ0) is 13.7. The van der Waals surface area contributed by atoms with Gasteiger partial charge in [-0.15, -0.1) is 0 Å². The number of rotatable bonds is 5. The van der Waals surface area contributed by atoms with Crippen LogP contribution in [0.4, 0.5) is 4.39 Å². The number of nitrogens with one attached hydrogen (secondary N) is 1. The van der Waals surface area contributed by atoms with E-state index in [1.54, 1.807) is 0 Å². The summed E-state index contributed by atoms with van der Waals surface area (Å²) >= 11 is 0. The van der Waals surface area contributed by atoms with E-state index in [-0.39, 0.29) is 5.56 Å². The Morgan fingerprint density at radius 2 is 2.16 bits per heavy atom. The normalized spacial score (nSPS) is 16.3. The van der Waals surface area contributed by atoms with E-state index in [4.69, 9.17) is 9.84 Å². The van der Waals surface area contributed by atoms with Crippen LogP contribution < -0.4 is 10.1 Å². The average molecular weight is 267 g/mol. The third-order valence-corrected chi connectivity index (χ3v) is 3.42. The van der Waals surface area contributed by atoms with Gasteiger partial charge in [-0.3, -0.25) is 0 Å². The van der Waals surface area contributed by atoms with Crippen LogP contribution in [0.1, 0.15) is 29.6 Å². The Hall–Kier alpha value is -1.62. The van der Waals surface area contributed by atoms with E-state index in [9.17, 15) is 9.18 Å². The molecule has 1 saturated heterocycles. The molecule has 2 rings (SSSR count). The summed E-state index contributed by atoms with van der Waals surface area (Å²) in [5.74, 6) is -0.980. The molecule has 4 nitrogen and oxygen atoms in total. The van der Waals surface area contributed by atoms with Crippen molar-refractivity contribution in [2.24, 2.45) is 5.92 Å². The molecule has 19 heavy (non-hydrogen) atoms. The van der Waals surface area contributed by atoms with E-state index in [0.717, 1.165) is 38.4 Å². The molecule has 1 heterocycles. The van der Waals surface area contributed by atoms with Gasteiger partial charge in [0.05, 0.1) is 12.2 Å². The SMILES string of the molecule is O=C(O)c1ccc(OCCC2CCNCC2)cc1F. The van der Waals surface area contributed by atoms with Crippen molar-refractivity contribution < 1.29 is 19.0 Å². The van der Waals surface area contributed by atoms with Crippen molar-refractivity contribution in [1.82, 2.24) is 5.32 Å². The van der Waals surface area contributed by atoms with Crippen molar-refractivity contribution in [3.05, 3.63) is 29.6 Å². The molecule has 0 atom stereocenters. The fourth-order valence-corrected chi connectivity index (χ4v) is 2.27. The summed E-state index contributed by atoms with van der Waals surface area (Å²) in [5, 5.41) is 12.0. The lowest BCUT2D eigenvalue weighted by molar-refractivity contribution is 0.0692. The minimum Gasteiger partial charge on any atom is -0.493 e. The number of carboxylic acids is 1. The highest BCUT2D eigenvalue weighted by Gasteiger charge is 2.14. The van der Waals surface area contributed by atoms with Gasteiger partial charge >= 0.3 is 5.97 Å². The van der Waals surface area contributed by atoms with Crippen LogP contribution in [0.25, 0.3) is 0 Å². The van der Waals surface area contributed by atoms with Gasteiger partial charge in [0.1, 0.15) is 11.6 Å². The van der Waals surface area contributed by atoms with Crippen LogP contribution in [0.5, 0.6) is 5.75 Å². The maximum atomic E-state index is 13.4. The molecule has 0 aromatic heterocycles. The standard InChI is InChI=1S/C14H18FNO3/c15-13-9-11(1-2-12(13)14(17)18)19-8-5-10-3-6-16-7-4-10/h1-2,9-10,16H,3-8H2,(H,17,18). The number of carboxylic acid groups (broad SMARTS) is 1. The van der Waals surface area contributed by atoms with Crippen LogP contribution in [0.2, 0.25) is 0 Å². The van der Waals surface area contributed by atoms with Crippen molar-refractivity contribution >= 4 is 5.97 Å². The highest BCUT2D eigenvalue weighted by molar-refractivity contribution is 5.88. The molecule has 1 aromatic carbocycles. The summed E-state index contributed by atoms with van der Waals surface area (Å²) in [6.45, 7) is 2.63. The summed E-state index contributed by atoms with van der Waals surface area (Å²) in [7, 11) is 0. The van der Waals surface area contributed by atoms with Crippen LogP contribution in [0, 0.1) is 11.7 Å². The van der Waals surface area contributed by atoms with Crippen LogP contribution in [-0.2, 0) is 0 Å². The monoisotopic (exact) mass is 267 g/mol. The second kappa shape index (κ2) is 6.52. The van der Waals surface area contributed by atoms with Crippen molar-refractivity contribution in [2.45, 2.75) is 19.3 Å². The molecule has 0 saturated carbocycles. The first-order valence-electron chi connectivity index (χ1n) is 6.53. The lowest BCUT2D eigenvalue weighted by Gasteiger charge is -2.22. The first-order chi connectivity index (χ1) is 9.16. The number of piperidine rings is 1. The number of benzene rings is 1. The highest BCUT2D eigenvalue weighted by Crippen LogP contribution is 2.19. The number of ether oxygens (including phenoxy) is 1. The minimum atomic E-state index is -1.27. The van der Waals surface area contributed by atoms with Gasteiger partial charge in [0, 0.05) is 6.07 Å². The van der Waals surface area contributed by atoms with E-state index < -0.39 is 11.8 Å². The second-order valence-corrected chi connectivity index (χ2v) is 4.78. The quantitative estimate of drug-likeness (QED) is 0.859. The van der Waals surface area contributed by atoms with E-state index in [1.807, 2.05) is 0 Å². The molecule has 2 N–H and O–H groups in total. The van der Waals surface area contributed by atoms with E-state index in [1.165, 1.54) is 12.1 Å². The lowest BCUT2D eigenvalue weighted by atomic mass is 9.95. The van der Waals surface area contributed by atoms with Gasteiger partial charge in [0.15, 0.2) is 0 Å². The molecule has 1 aliphatic heterocycles. The summed E-state index contributed by atoms with van der Waals surface area (Å²) in [6.07, 6.45) is 3.25. The molecule has 5 heteroatoms. The molecule has 0 spiro atoms. The van der Waals surface area contributed by atoms with Crippen LogP contribution >= 0.6 is 0 Å². The topological polar surface area (TPSA) is 58.6 Å². The number of halogens is 1. The molecule has 0 radical (unpaired) electrons. The zero-order valence-corrected chi connectivity index (χ0v) is 10.7. The van der Waals surface area contributed by atoms with Gasteiger partial charge < -0.3 is 15.2 Å². The van der Waals surface area contributed by atoms with Crippen molar-refractivity contribution in [1.29, 1.82) is 0 Å². The Bertz CT molecular complexity index is 444. The number of hydrogen-bond donors (Lipinski definition) is 2. The molecule has 0 bridgehead atoms. The van der Waals surface area contributed by atoms with Crippen molar-refractivity contribution in [2.75, 3.05) is 19.7 Å². The second-order valence-electron chi connectivity index (χ2n) is 4.78. The first-order valence-corrected chi connectivity index (χ1v) is 6.53. The summed E-state index contributed by atoms with van der Waals surface area (Å²) in [5.41, 5.74) is -0.328. The van der Waals surface area contributed by atoms with Crippen LogP contribution in [-0.4, -0.2) is 30.8 Å². The predicted octanol–water partition coefficient (Wildman–Crippen LogP) is 2.29. The molecular weight excluding hydrogens is 249 g/mol. The van der Waals surface area contributed by atoms with E-state index >= 15 is 0 Å². The lowest BCUT2D eigenvalue weighted by Crippen LogP contribution is -2.28. The smallest absolute Gasteiger partial charge is 0.338 e. The number of hydrogen-bond acceptors (Lipinski definition) is 3. The van der Waals surface area contributed by atoms with Gasteiger partial charge in [-0.05, 0) is 50.4 Å². The van der Waals surface area contributed by atoms with Gasteiger partial charge in [-0.1, -0.05) is 0 Å². The number of carbonyl (C=O) groups is 1. The van der Waals surface area contributed by atoms with Gasteiger partial charge in [0.25, 0.3) is 0 Å². The Morgan fingerprint density at radius 3 is 2.79 bits per heavy atom. The third kappa shape index (κ3) is 3.92. The largest absolute Gasteiger partial charge is 0.493 e. The highest BCUT2D eigenvalue weighted by atomic mass is 19.1. The number of aromatic carboxylic acids is 1. The van der Waals surface area contributed by atoms with E-state index in [0.29, 0.717) is 18.3 Å². The molecule has 0 amide bonds. The molecule has 0 unspecified atom stereocenters. The Morgan fingerprint density at radius 1 is 1.42 bits per heavy atom. The maximum absolute atomic E-state index is 13.4. The molecule has 0 aliphatic carbocycles. The Balaban J connectivity index is 1.82. The Labute approximate surface area is 111 Å². The van der Waals surface area contributed by atoms with E-state index in [2.05, 4.69) is 5.32 Å².